The van der Waals surface area contributed by atoms with Gasteiger partial charge >= 0.3 is 0 Å². The predicted molar refractivity (Wildman–Crippen MR) is 60.2 cm³/mol. The molecule has 1 rings (SSSR count). The van der Waals surface area contributed by atoms with Crippen LogP contribution in [-0.2, 0) is 0 Å². The Labute approximate surface area is 89.5 Å². The first-order chi connectivity index (χ1) is 7.16. The van der Waals surface area contributed by atoms with Crippen molar-refractivity contribution in [1.82, 2.24) is 5.32 Å². The fourth-order valence-electron chi connectivity index (χ4n) is 1.32. The zero-order valence-electron chi connectivity index (χ0n) is 9.03. The smallest absolute Gasteiger partial charge is 0.253 e. The Kier molecular flexibility index (Phi) is 4.12. The minimum Gasteiger partial charge on any atom is -0.395 e. The van der Waals surface area contributed by atoms with Crippen LogP contribution in [-0.4, -0.2) is 38.3 Å². The second-order valence-electron chi connectivity index (χ2n) is 3.39. The minimum atomic E-state index is -0.159. The highest BCUT2D eigenvalue weighted by atomic mass is 16.3. The molecule has 0 unspecified atom stereocenters. The fraction of sp³-hybridized carbons (Fsp3) is 0.364. The summed E-state index contributed by atoms with van der Waals surface area (Å²) >= 11 is 0. The van der Waals surface area contributed by atoms with E-state index in [-0.39, 0.29) is 19.1 Å². The summed E-state index contributed by atoms with van der Waals surface area (Å²) in [7, 11) is 3.77. The lowest BCUT2D eigenvalue weighted by Crippen LogP contribution is -2.28. The lowest BCUT2D eigenvalue weighted by molar-refractivity contribution is 0.0945. The standard InChI is InChI=1S/C11H16N2O2/c1-13(2)10-6-4-3-5-9(10)11(15)12-7-8-14/h3-6,14H,7-8H2,1-2H3,(H,12,15). The maximum Gasteiger partial charge on any atom is 0.253 e. The van der Waals surface area contributed by atoms with E-state index >= 15 is 0 Å². The lowest BCUT2D eigenvalue weighted by Gasteiger charge is -2.16. The van der Waals surface area contributed by atoms with Crippen LogP contribution in [0, 0.1) is 0 Å². The third kappa shape index (κ3) is 2.95. The summed E-state index contributed by atoms with van der Waals surface area (Å²) < 4.78 is 0. The number of aliphatic hydroxyl groups excluding tert-OH is 1. The molecular weight excluding hydrogens is 192 g/mol. The first-order valence-corrected chi connectivity index (χ1v) is 4.82. The minimum absolute atomic E-state index is 0.0458. The number of aliphatic hydroxyl groups is 1. The van der Waals surface area contributed by atoms with Gasteiger partial charge in [-0.25, -0.2) is 0 Å². The van der Waals surface area contributed by atoms with Crippen molar-refractivity contribution in [1.29, 1.82) is 0 Å². The van der Waals surface area contributed by atoms with E-state index in [4.69, 9.17) is 5.11 Å². The first-order valence-electron chi connectivity index (χ1n) is 4.82. The van der Waals surface area contributed by atoms with Crippen molar-refractivity contribution in [2.24, 2.45) is 0 Å². The molecule has 4 nitrogen and oxygen atoms in total. The van der Waals surface area contributed by atoms with E-state index in [1.54, 1.807) is 6.07 Å². The van der Waals surface area contributed by atoms with Crippen LogP contribution < -0.4 is 10.2 Å². The highest BCUT2D eigenvalue weighted by molar-refractivity contribution is 5.99. The Morgan fingerprint density at radius 2 is 2.07 bits per heavy atom. The highest BCUT2D eigenvalue weighted by Crippen LogP contribution is 2.17. The van der Waals surface area contributed by atoms with E-state index in [0.29, 0.717) is 5.56 Å². The molecule has 1 amide bonds. The van der Waals surface area contributed by atoms with Crippen molar-refractivity contribution in [2.75, 3.05) is 32.1 Å². The molecule has 0 saturated carbocycles. The van der Waals surface area contributed by atoms with Gasteiger partial charge in [0.05, 0.1) is 12.2 Å². The molecule has 0 atom stereocenters. The lowest BCUT2D eigenvalue weighted by atomic mass is 10.1. The van der Waals surface area contributed by atoms with Crippen LogP contribution >= 0.6 is 0 Å². The van der Waals surface area contributed by atoms with Gasteiger partial charge in [0.25, 0.3) is 5.91 Å². The topological polar surface area (TPSA) is 52.6 Å². The fourth-order valence-corrected chi connectivity index (χ4v) is 1.32. The van der Waals surface area contributed by atoms with Crippen molar-refractivity contribution in [3.05, 3.63) is 29.8 Å². The number of anilines is 1. The average Bonchev–Trinajstić information content (AvgIpc) is 2.25. The number of para-hydroxylation sites is 1. The number of nitrogens with one attached hydrogen (secondary N) is 1. The third-order valence-electron chi connectivity index (χ3n) is 2.03. The summed E-state index contributed by atoms with van der Waals surface area (Å²) in [5, 5.41) is 11.2. The number of nitrogens with zero attached hydrogens (tertiary/aromatic N) is 1. The van der Waals surface area contributed by atoms with Crippen molar-refractivity contribution in [3.63, 3.8) is 0 Å². The molecule has 2 N–H and O–H groups in total. The van der Waals surface area contributed by atoms with Gasteiger partial charge in [0, 0.05) is 26.3 Å². The van der Waals surface area contributed by atoms with Crippen LogP contribution in [0.4, 0.5) is 5.69 Å². The molecule has 0 aromatic heterocycles. The summed E-state index contributed by atoms with van der Waals surface area (Å²) in [6, 6.07) is 7.36. The molecule has 1 aromatic rings. The van der Waals surface area contributed by atoms with E-state index in [1.165, 1.54) is 0 Å². The zero-order valence-corrected chi connectivity index (χ0v) is 9.03. The quantitative estimate of drug-likeness (QED) is 0.756. The Morgan fingerprint density at radius 1 is 1.40 bits per heavy atom. The van der Waals surface area contributed by atoms with Gasteiger partial charge in [-0.15, -0.1) is 0 Å². The molecule has 0 aliphatic carbocycles. The van der Waals surface area contributed by atoms with Crippen LogP contribution in [0.3, 0.4) is 0 Å². The molecule has 4 heteroatoms. The largest absolute Gasteiger partial charge is 0.395 e. The molecule has 0 aliphatic heterocycles. The van der Waals surface area contributed by atoms with Gasteiger partial charge in [0.2, 0.25) is 0 Å². The number of carbonyl (C=O) groups is 1. The SMILES string of the molecule is CN(C)c1ccccc1C(=O)NCCO. The number of benzene rings is 1. The molecule has 0 heterocycles. The normalized spacial score (nSPS) is 9.80. The second-order valence-corrected chi connectivity index (χ2v) is 3.39. The van der Waals surface area contributed by atoms with E-state index in [0.717, 1.165) is 5.69 Å². The molecule has 0 saturated heterocycles. The van der Waals surface area contributed by atoms with Gasteiger partial charge in [-0.2, -0.15) is 0 Å². The number of amides is 1. The molecule has 0 fully saturated rings. The van der Waals surface area contributed by atoms with Gasteiger partial charge in [-0.1, -0.05) is 12.1 Å². The third-order valence-corrected chi connectivity index (χ3v) is 2.03. The Morgan fingerprint density at radius 3 is 2.67 bits per heavy atom. The Balaban J connectivity index is 2.87. The van der Waals surface area contributed by atoms with Crippen molar-refractivity contribution in [2.45, 2.75) is 0 Å². The molecule has 0 bridgehead atoms. The van der Waals surface area contributed by atoms with Crippen LogP contribution in [0.5, 0.6) is 0 Å². The molecule has 15 heavy (non-hydrogen) atoms. The summed E-state index contributed by atoms with van der Waals surface area (Å²) in [5.74, 6) is -0.159. The first kappa shape index (κ1) is 11.5. The van der Waals surface area contributed by atoms with Crippen LogP contribution in [0.2, 0.25) is 0 Å². The van der Waals surface area contributed by atoms with E-state index < -0.39 is 0 Å². The Bertz CT molecular complexity index is 337. The maximum absolute atomic E-state index is 11.7. The second kappa shape index (κ2) is 5.36. The maximum atomic E-state index is 11.7. The van der Waals surface area contributed by atoms with Crippen LogP contribution in [0.25, 0.3) is 0 Å². The summed E-state index contributed by atoms with van der Waals surface area (Å²) in [6.07, 6.45) is 0. The summed E-state index contributed by atoms with van der Waals surface area (Å²) in [5.41, 5.74) is 1.49. The Hall–Kier alpha value is -1.55. The summed E-state index contributed by atoms with van der Waals surface area (Å²) in [4.78, 5) is 13.6. The molecule has 0 radical (unpaired) electrons. The van der Waals surface area contributed by atoms with Gasteiger partial charge in [-0.3, -0.25) is 4.79 Å². The van der Waals surface area contributed by atoms with Crippen molar-refractivity contribution in [3.8, 4) is 0 Å². The zero-order chi connectivity index (χ0) is 11.3. The van der Waals surface area contributed by atoms with Gasteiger partial charge in [0.1, 0.15) is 0 Å². The monoisotopic (exact) mass is 208 g/mol. The number of carbonyl (C=O) groups excluding carboxylic acids is 1. The number of rotatable bonds is 4. The van der Waals surface area contributed by atoms with Crippen LogP contribution in [0.1, 0.15) is 10.4 Å². The van der Waals surface area contributed by atoms with Crippen molar-refractivity contribution < 1.29 is 9.90 Å². The van der Waals surface area contributed by atoms with Gasteiger partial charge in [0.15, 0.2) is 0 Å². The van der Waals surface area contributed by atoms with Gasteiger partial charge < -0.3 is 15.3 Å². The van der Waals surface area contributed by atoms with Gasteiger partial charge in [-0.05, 0) is 12.1 Å². The average molecular weight is 208 g/mol. The van der Waals surface area contributed by atoms with Crippen LogP contribution in [0.15, 0.2) is 24.3 Å². The number of hydrogen-bond acceptors (Lipinski definition) is 3. The molecule has 0 spiro atoms. The van der Waals surface area contributed by atoms with E-state index in [2.05, 4.69) is 5.32 Å². The summed E-state index contributed by atoms with van der Waals surface area (Å²) in [6.45, 7) is 0.233. The molecule has 82 valence electrons. The molecule has 0 aliphatic rings. The molecular formula is C11H16N2O2. The predicted octanol–water partition coefficient (Wildman–Crippen LogP) is 0.475. The highest BCUT2D eigenvalue weighted by Gasteiger charge is 2.10. The number of hydrogen-bond donors (Lipinski definition) is 2. The van der Waals surface area contributed by atoms with Crippen molar-refractivity contribution >= 4 is 11.6 Å². The molecule has 1 aromatic carbocycles. The van der Waals surface area contributed by atoms with E-state index in [1.807, 2.05) is 37.2 Å². The van der Waals surface area contributed by atoms with E-state index in [9.17, 15) is 4.79 Å².